The van der Waals surface area contributed by atoms with Crippen molar-refractivity contribution in [1.29, 1.82) is 0 Å². The van der Waals surface area contributed by atoms with Gasteiger partial charge in [0.05, 0.1) is 11.1 Å². The van der Waals surface area contributed by atoms with Gasteiger partial charge in [-0.15, -0.1) is 0 Å². The molecule has 0 saturated heterocycles. The van der Waals surface area contributed by atoms with Gasteiger partial charge in [0, 0.05) is 5.92 Å². The molecule has 0 aliphatic rings. The zero-order valence-corrected chi connectivity index (χ0v) is 21.9. The molecule has 0 unspecified atom stereocenters. The van der Waals surface area contributed by atoms with Crippen molar-refractivity contribution >= 4 is 23.8 Å². The SMILES string of the molecule is FC(F)(F)c1ccc(C(c2ccc(P(c3ccccc3)c3ccccc3)cc2)c2ccc(C(F)(F)F)cc2)cc1. The predicted octanol–water partition coefficient (Wildman–Crippen LogP) is 8.66. The van der Waals surface area contributed by atoms with Gasteiger partial charge in [0.25, 0.3) is 0 Å². The van der Waals surface area contributed by atoms with Crippen molar-refractivity contribution in [2.24, 2.45) is 0 Å². The van der Waals surface area contributed by atoms with E-state index >= 15 is 0 Å². The maximum absolute atomic E-state index is 13.2. The first kappa shape index (κ1) is 27.7. The van der Waals surface area contributed by atoms with Gasteiger partial charge in [-0.3, -0.25) is 0 Å². The third-order valence-electron chi connectivity index (χ3n) is 6.66. The van der Waals surface area contributed by atoms with Gasteiger partial charge in [0.2, 0.25) is 0 Å². The zero-order chi connectivity index (χ0) is 28.3. The number of alkyl halides is 6. The molecule has 5 rings (SSSR count). The van der Waals surface area contributed by atoms with Gasteiger partial charge in [-0.2, -0.15) is 26.3 Å². The van der Waals surface area contributed by atoms with Crippen LogP contribution in [0.5, 0.6) is 0 Å². The van der Waals surface area contributed by atoms with Gasteiger partial charge < -0.3 is 0 Å². The van der Waals surface area contributed by atoms with Crippen molar-refractivity contribution in [3.05, 3.63) is 161 Å². The minimum atomic E-state index is -4.49. The first-order valence-corrected chi connectivity index (χ1v) is 13.8. The van der Waals surface area contributed by atoms with Crippen molar-refractivity contribution < 1.29 is 26.3 Å². The maximum atomic E-state index is 13.2. The Hall–Kier alpha value is -3.89. The second kappa shape index (κ2) is 11.3. The lowest BCUT2D eigenvalue weighted by molar-refractivity contribution is -0.138. The Kier molecular flexibility index (Phi) is 7.82. The lowest BCUT2D eigenvalue weighted by Gasteiger charge is -2.23. The molecule has 0 nitrogen and oxygen atoms in total. The quantitative estimate of drug-likeness (QED) is 0.110. The van der Waals surface area contributed by atoms with E-state index in [0.29, 0.717) is 11.1 Å². The molecule has 0 heterocycles. The Morgan fingerprint density at radius 2 is 0.675 bits per heavy atom. The van der Waals surface area contributed by atoms with Crippen LogP contribution in [-0.2, 0) is 12.4 Å². The van der Waals surface area contributed by atoms with Gasteiger partial charge >= 0.3 is 12.4 Å². The molecule has 0 aromatic heterocycles. The molecular weight excluding hydrogens is 541 g/mol. The molecule has 0 atom stereocenters. The Bertz CT molecular complexity index is 1430. The largest absolute Gasteiger partial charge is 0.416 e. The predicted molar refractivity (Wildman–Crippen MR) is 149 cm³/mol. The third kappa shape index (κ3) is 6.13. The summed E-state index contributed by atoms with van der Waals surface area (Å²) in [6.45, 7) is 0. The fourth-order valence-electron chi connectivity index (χ4n) is 4.72. The Morgan fingerprint density at radius 3 is 1.00 bits per heavy atom. The molecule has 40 heavy (non-hydrogen) atoms. The normalized spacial score (nSPS) is 12.2. The molecular formula is C33H23F6P. The van der Waals surface area contributed by atoms with Crippen LogP contribution < -0.4 is 15.9 Å². The van der Waals surface area contributed by atoms with Crippen molar-refractivity contribution in [3.63, 3.8) is 0 Å². The smallest absolute Gasteiger partial charge is 0.166 e. The third-order valence-corrected chi connectivity index (χ3v) is 9.10. The van der Waals surface area contributed by atoms with Crippen molar-refractivity contribution in [2.75, 3.05) is 0 Å². The minimum absolute atomic E-state index is 0.550. The molecule has 0 saturated carbocycles. The Labute approximate surface area is 229 Å². The van der Waals surface area contributed by atoms with Crippen LogP contribution in [0.1, 0.15) is 33.7 Å². The van der Waals surface area contributed by atoms with Crippen LogP contribution in [0.3, 0.4) is 0 Å². The summed E-state index contributed by atoms with van der Waals surface area (Å²) < 4.78 is 79.3. The van der Waals surface area contributed by atoms with Gasteiger partial charge in [-0.1, -0.05) is 109 Å². The number of hydrogen-bond donors (Lipinski definition) is 0. The Balaban J connectivity index is 1.57. The van der Waals surface area contributed by atoms with Gasteiger partial charge in [0.1, 0.15) is 0 Å². The fraction of sp³-hybridized carbons (Fsp3) is 0.0909. The van der Waals surface area contributed by atoms with Gasteiger partial charge in [-0.05, 0) is 64.8 Å². The topological polar surface area (TPSA) is 0 Å². The zero-order valence-electron chi connectivity index (χ0n) is 21.0. The van der Waals surface area contributed by atoms with Crippen LogP contribution in [0, 0.1) is 0 Å². The summed E-state index contributed by atoms with van der Waals surface area (Å²) in [5, 5.41) is 3.41. The summed E-state index contributed by atoms with van der Waals surface area (Å²) in [6, 6.07) is 37.6. The van der Waals surface area contributed by atoms with Crippen LogP contribution in [0.15, 0.2) is 133 Å². The molecule has 5 aromatic rings. The van der Waals surface area contributed by atoms with Crippen molar-refractivity contribution in [3.8, 4) is 0 Å². The van der Waals surface area contributed by atoms with E-state index in [9.17, 15) is 26.3 Å². The molecule has 0 amide bonds. The molecule has 202 valence electrons. The molecule has 0 bridgehead atoms. The van der Waals surface area contributed by atoms with Crippen LogP contribution in [0.4, 0.5) is 26.3 Å². The van der Waals surface area contributed by atoms with Gasteiger partial charge in [0.15, 0.2) is 0 Å². The van der Waals surface area contributed by atoms with E-state index in [1.165, 1.54) is 34.9 Å². The van der Waals surface area contributed by atoms with E-state index in [-0.39, 0.29) is 0 Å². The fourth-order valence-corrected chi connectivity index (χ4v) is 7.01. The second-order valence-electron chi connectivity index (χ2n) is 9.27. The molecule has 0 N–H and O–H groups in total. The highest BCUT2D eigenvalue weighted by atomic mass is 31.1. The number of benzene rings is 5. The van der Waals surface area contributed by atoms with E-state index < -0.39 is 37.3 Å². The highest BCUT2D eigenvalue weighted by Gasteiger charge is 2.32. The molecule has 7 heteroatoms. The molecule has 5 aromatic carbocycles. The standard InChI is InChI=1S/C33H23F6P/c34-32(35,36)26-17-11-23(12-18-26)31(24-13-19-27(20-14-24)33(37,38)39)25-15-21-30(22-16-25)40(28-7-3-1-4-8-28)29-9-5-2-6-10-29/h1-22,31H. The van der Waals surface area contributed by atoms with E-state index in [2.05, 4.69) is 24.3 Å². The summed E-state index contributed by atoms with van der Waals surface area (Å²) in [5.41, 5.74) is 0.297. The highest BCUT2D eigenvalue weighted by Crippen LogP contribution is 2.38. The molecule has 0 spiro atoms. The van der Waals surface area contributed by atoms with E-state index in [4.69, 9.17) is 0 Å². The van der Waals surface area contributed by atoms with Gasteiger partial charge in [-0.25, -0.2) is 0 Å². The summed E-state index contributed by atoms with van der Waals surface area (Å²) >= 11 is 0. The van der Waals surface area contributed by atoms with Crippen LogP contribution in [0.25, 0.3) is 0 Å². The first-order chi connectivity index (χ1) is 19.1. The van der Waals surface area contributed by atoms with Crippen LogP contribution in [-0.4, -0.2) is 0 Å². The summed E-state index contributed by atoms with van der Waals surface area (Å²) in [4.78, 5) is 0. The van der Waals surface area contributed by atoms with E-state index in [1.807, 2.05) is 60.7 Å². The van der Waals surface area contributed by atoms with Crippen molar-refractivity contribution in [2.45, 2.75) is 18.3 Å². The van der Waals surface area contributed by atoms with E-state index in [0.717, 1.165) is 35.1 Å². The average Bonchev–Trinajstić information content (AvgIpc) is 2.95. The summed E-state index contributed by atoms with van der Waals surface area (Å²) in [5.74, 6) is -0.557. The average molecular weight is 565 g/mol. The van der Waals surface area contributed by atoms with Crippen molar-refractivity contribution in [1.82, 2.24) is 0 Å². The lowest BCUT2D eigenvalue weighted by Crippen LogP contribution is -2.20. The summed E-state index contributed by atoms with van der Waals surface area (Å²) in [7, 11) is -0.871. The molecule has 0 fully saturated rings. The lowest BCUT2D eigenvalue weighted by atomic mass is 9.84. The number of hydrogen-bond acceptors (Lipinski definition) is 0. The van der Waals surface area contributed by atoms with Crippen LogP contribution in [0.2, 0.25) is 0 Å². The number of halogens is 6. The monoisotopic (exact) mass is 564 g/mol. The number of rotatable bonds is 6. The molecule has 0 radical (unpaired) electrons. The van der Waals surface area contributed by atoms with Crippen LogP contribution >= 0.6 is 7.92 Å². The molecule has 0 aliphatic heterocycles. The minimum Gasteiger partial charge on any atom is -0.166 e. The van der Waals surface area contributed by atoms with E-state index in [1.54, 1.807) is 0 Å². The maximum Gasteiger partial charge on any atom is 0.416 e. The summed E-state index contributed by atoms with van der Waals surface area (Å²) in [6.07, 6.45) is -8.98. The highest BCUT2D eigenvalue weighted by molar-refractivity contribution is 7.79. The molecule has 0 aliphatic carbocycles. The second-order valence-corrected chi connectivity index (χ2v) is 11.5. The first-order valence-electron chi connectivity index (χ1n) is 12.5. The Morgan fingerprint density at radius 1 is 0.375 bits per heavy atom.